The van der Waals surface area contributed by atoms with Crippen LogP contribution in [-0.4, -0.2) is 65.4 Å². The van der Waals surface area contributed by atoms with Gasteiger partial charge in [0, 0.05) is 24.2 Å². The van der Waals surface area contributed by atoms with Gasteiger partial charge >= 0.3 is 12.2 Å². The summed E-state index contributed by atoms with van der Waals surface area (Å²) in [6.45, 7) is 1.86. The molecule has 0 bridgehead atoms. The molecule has 7 rings (SSSR count). The number of hydrogen-bond acceptors (Lipinski definition) is 10. The molecule has 43 heavy (non-hydrogen) atoms. The fraction of sp³-hybridized carbons (Fsp3) is 0.345. The van der Waals surface area contributed by atoms with Crippen molar-refractivity contribution in [2.75, 3.05) is 41.8 Å². The normalized spacial score (nSPS) is 20.0. The highest BCUT2D eigenvalue weighted by Crippen LogP contribution is 2.57. The fourth-order valence-electron chi connectivity index (χ4n) is 5.46. The summed E-state index contributed by atoms with van der Waals surface area (Å²) in [7, 11) is 0. The standard InChI is InChI=1S/C29H26F3N7O3S/c30-29(31,32)28(11-6-12-28)26-35-21(25(43-26)39-13-15-41-16-14-39)24-37-38-27(42-24)36-22-23(40)33-19-10-5-4-9-18(19)20(34-22)17-7-2-1-3-8-17/h1-5,7-10,22H,6,11-16H2,(H,33,40)(H,36,38)/t22-/m1/s1. The Morgan fingerprint density at radius 2 is 1.77 bits per heavy atom. The number of anilines is 3. The highest BCUT2D eigenvalue weighted by Gasteiger charge is 2.61. The van der Waals surface area contributed by atoms with Crippen LogP contribution in [0.4, 0.5) is 29.9 Å². The third kappa shape index (κ3) is 4.93. The second-order valence-corrected chi connectivity index (χ2v) is 11.5. The summed E-state index contributed by atoms with van der Waals surface area (Å²) < 4.78 is 54.1. The summed E-state index contributed by atoms with van der Waals surface area (Å²) in [4.78, 5) is 24.4. The summed E-state index contributed by atoms with van der Waals surface area (Å²) in [5.41, 5.74) is 0.952. The molecule has 1 aliphatic carbocycles. The molecule has 2 N–H and O–H groups in total. The maximum Gasteiger partial charge on any atom is 0.400 e. The first-order valence-electron chi connectivity index (χ1n) is 13.9. The molecule has 2 fully saturated rings. The molecule has 10 nitrogen and oxygen atoms in total. The lowest BCUT2D eigenvalue weighted by atomic mass is 9.68. The number of para-hydroxylation sites is 1. The number of aliphatic imine (C=N–C) groups is 1. The Labute approximate surface area is 248 Å². The minimum absolute atomic E-state index is 0.00605. The number of amides is 1. The maximum atomic E-state index is 14.2. The Bertz CT molecular complexity index is 1680. The molecule has 3 aliphatic rings. The summed E-state index contributed by atoms with van der Waals surface area (Å²) in [6, 6.07) is 16.7. The third-order valence-electron chi connectivity index (χ3n) is 7.95. The van der Waals surface area contributed by atoms with E-state index in [1.54, 1.807) is 6.07 Å². The van der Waals surface area contributed by atoms with E-state index < -0.39 is 23.7 Å². The van der Waals surface area contributed by atoms with Crippen LogP contribution in [0.3, 0.4) is 0 Å². The smallest absolute Gasteiger partial charge is 0.400 e. The second kappa shape index (κ2) is 10.8. The first kappa shape index (κ1) is 27.5. The summed E-state index contributed by atoms with van der Waals surface area (Å²) in [5.74, 6) is -0.493. The quantitative estimate of drug-likeness (QED) is 0.305. The molecule has 4 aromatic rings. The Morgan fingerprint density at radius 1 is 1.02 bits per heavy atom. The van der Waals surface area contributed by atoms with Crippen molar-refractivity contribution in [2.24, 2.45) is 4.99 Å². The molecule has 14 heteroatoms. The van der Waals surface area contributed by atoms with E-state index in [9.17, 15) is 18.0 Å². The number of ether oxygens (including phenoxy) is 1. The van der Waals surface area contributed by atoms with Gasteiger partial charge in [0.15, 0.2) is 5.69 Å². The van der Waals surface area contributed by atoms with E-state index in [4.69, 9.17) is 14.1 Å². The number of nitrogens with zero attached hydrogens (tertiary/aromatic N) is 5. The highest BCUT2D eigenvalue weighted by molar-refractivity contribution is 7.16. The number of alkyl halides is 3. The zero-order valence-corrected chi connectivity index (χ0v) is 23.5. The lowest BCUT2D eigenvalue weighted by molar-refractivity contribution is -0.212. The van der Waals surface area contributed by atoms with Crippen molar-refractivity contribution in [3.05, 3.63) is 70.7 Å². The molecule has 0 radical (unpaired) electrons. The molecule has 1 saturated carbocycles. The number of morpholine rings is 1. The third-order valence-corrected chi connectivity index (χ3v) is 9.27. The number of benzene rings is 2. The molecule has 2 aromatic heterocycles. The van der Waals surface area contributed by atoms with Gasteiger partial charge in [-0.25, -0.2) is 9.98 Å². The first-order valence-corrected chi connectivity index (χ1v) is 14.7. The van der Waals surface area contributed by atoms with E-state index in [-0.39, 0.29) is 35.4 Å². The fourth-order valence-corrected chi connectivity index (χ4v) is 6.84. The van der Waals surface area contributed by atoms with Gasteiger partial charge in [-0.2, -0.15) is 13.2 Å². The lowest BCUT2D eigenvalue weighted by Gasteiger charge is -2.41. The molecule has 4 heterocycles. The zero-order chi connectivity index (χ0) is 29.6. The van der Waals surface area contributed by atoms with E-state index >= 15 is 0 Å². The van der Waals surface area contributed by atoms with Crippen molar-refractivity contribution in [3.63, 3.8) is 0 Å². The summed E-state index contributed by atoms with van der Waals surface area (Å²) in [6.07, 6.45) is -5.10. The van der Waals surface area contributed by atoms with Gasteiger partial charge in [-0.3, -0.25) is 4.79 Å². The van der Waals surface area contributed by atoms with Crippen LogP contribution < -0.4 is 15.5 Å². The van der Waals surface area contributed by atoms with Gasteiger partial charge in [0.25, 0.3) is 11.8 Å². The predicted octanol–water partition coefficient (Wildman–Crippen LogP) is 5.24. The molecule has 1 amide bonds. The monoisotopic (exact) mass is 609 g/mol. The lowest BCUT2D eigenvalue weighted by Crippen LogP contribution is -2.47. The van der Waals surface area contributed by atoms with Crippen LogP contribution in [0.15, 0.2) is 64.0 Å². The van der Waals surface area contributed by atoms with Crippen molar-refractivity contribution in [2.45, 2.75) is 37.0 Å². The minimum Gasteiger partial charge on any atom is -0.402 e. The number of benzodiazepines with no additional fused rings is 1. The molecule has 222 valence electrons. The largest absolute Gasteiger partial charge is 0.402 e. The van der Waals surface area contributed by atoms with Gasteiger partial charge in [0.1, 0.15) is 15.4 Å². The van der Waals surface area contributed by atoms with E-state index in [2.05, 4.69) is 25.8 Å². The molecular weight excluding hydrogens is 583 g/mol. The van der Waals surface area contributed by atoms with Crippen molar-refractivity contribution in [1.29, 1.82) is 0 Å². The summed E-state index contributed by atoms with van der Waals surface area (Å²) >= 11 is 1.01. The topological polar surface area (TPSA) is 118 Å². The number of carbonyl (C=O) groups excluding carboxylic acids is 1. The Balaban J connectivity index is 1.23. The molecule has 0 spiro atoms. The Kier molecular flexibility index (Phi) is 6.89. The van der Waals surface area contributed by atoms with Crippen LogP contribution >= 0.6 is 11.3 Å². The van der Waals surface area contributed by atoms with Crippen LogP contribution in [-0.2, 0) is 14.9 Å². The maximum absolute atomic E-state index is 14.2. The Hall–Kier alpha value is -4.30. The number of fused-ring (bicyclic) bond motifs is 1. The molecule has 0 unspecified atom stereocenters. The van der Waals surface area contributed by atoms with E-state index in [0.29, 0.717) is 49.1 Å². The van der Waals surface area contributed by atoms with Crippen LogP contribution in [0.2, 0.25) is 0 Å². The number of aromatic nitrogens is 3. The van der Waals surface area contributed by atoms with Crippen LogP contribution in [0.5, 0.6) is 0 Å². The van der Waals surface area contributed by atoms with Gasteiger partial charge in [0.05, 0.1) is 24.6 Å². The highest BCUT2D eigenvalue weighted by atomic mass is 32.1. The molecule has 2 aliphatic heterocycles. The van der Waals surface area contributed by atoms with Crippen LogP contribution in [0.25, 0.3) is 11.6 Å². The van der Waals surface area contributed by atoms with Gasteiger partial charge in [-0.1, -0.05) is 71.4 Å². The first-order chi connectivity index (χ1) is 20.8. The average molecular weight is 610 g/mol. The van der Waals surface area contributed by atoms with Crippen molar-refractivity contribution in [3.8, 4) is 11.6 Å². The average Bonchev–Trinajstić information content (AvgIpc) is 3.60. The van der Waals surface area contributed by atoms with Crippen molar-refractivity contribution in [1.82, 2.24) is 15.2 Å². The van der Waals surface area contributed by atoms with Crippen molar-refractivity contribution >= 4 is 39.7 Å². The SMILES string of the molecule is O=C1Nc2ccccc2C(c2ccccc2)=N[C@@H]1Nc1nnc(-c2nc(C3(C(F)(F)F)CCC3)sc2N2CCOCC2)o1. The number of nitrogens with one attached hydrogen (secondary N) is 2. The number of rotatable bonds is 6. The van der Waals surface area contributed by atoms with E-state index in [1.807, 2.05) is 53.4 Å². The Morgan fingerprint density at radius 3 is 2.49 bits per heavy atom. The number of thiazole rings is 1. The van der Waals surface area contributed by atoms with Gasteiger partial charge in [-0.05, 0) is 18.9 Å². The molecule has 1 saturated heterocycles. The number of carbonyl (C=O) groups is 1. The molecule has 1 atom stereocenters. The number of halogens is 3. The molecule has 2 aromatic carbocycles. The second-order valence-electron chi connectivity index (χ2n) is 10.5. The van der Waals surface area contributed by atoms with E-state index in [0.717, 1.165) is 22.5 Å². The van der Waals surface area contributed by atoms with E-state index in [1.165, 1.54) is 0 Å². The molecular formula is C29H26F3N7O3S. The van der Waals surface area contributed by atoms with Gasteiger partial charge < -0.3 is 24.7 Å². The van der Waals surface area contributed by atoms with Crippen molar-refractivity contribution < 1.29 is 27.1 Å². The van der Waals surface area contributed by atoms with Crippen LogP contribution in [0.1, 0.15) is 35.4 Å². The van der Waals surface area contributed by atoms with Gasteiger partial charge in [0.2, 0.25) is 6.17 Å². The predicted molar refractivity (Wildman–Crippen MR) is 155 cm³/mol. The van der Waals surface area contributed by atoms with Crippen LogP contribution in [0, 0.1) is 0 Å². The summed E-state index contributed by atoms with van der Waals surface area (Å²) in [5, 5.41) is 14.5. The van der Waals surface area contributed by atoms with Gasteiger partial charge in [-0.15, -0.1) is 5.10 Å². The number of hydrogen-bond donors (Lipinski definition) is 2. The zero-order valence-electron chi connectivity index (χ0n) is 22.7. The minimum atomic E-state index is -4.43.